The Hall–Kier alpha value is -1.94. The van der Waals surface area contributed by atoms with Crippen molar-refractivity contribution in [1.82, 2.24) is 4.98 Å². The van der Waals surface area contributed by atoms with Crippen LogP contribution in [-0.2, 0) is 12.8 Å². The largest absolute Gasteiger partial charge is 0.290 e. The lowest BCUT2D eigenvalue weighted by Gasteiger charge is -2.02. The van der Waals surface area contributed by atoms with Crippen LogP contribution in [0, 0.1) is 10.1 Å². The van der Waals surface area contributed by atoms with Crippen molar-refractivity contribution >= 4 is 18.1 Å². The summed E-state index contributed by atoms with van der Waals surface area (Å²) in [5.74, 6) is 0. The lowest BCUT2D eigenvalue weighted by Crippen LogP contribution is -2.00. The molecule has 18 heavy (non-hydrogen) atoms. The second-order valence-corrected chi connectivity index (χ2v) is 3.71. The van der Waals surface area contributed by atoms with Crippen LogP contribution in [0.3, 0.4) is 0 Å². The monoisotopic (exact) mass is 264 g/mol. The topological polar surface area (TPSA) is 56.0 Å². The number of halogens is 1. The first-order chi connectivity index (χ1) is 8.27. The van der Waals surface area contributed by atoms with Crippen LogP contribution in [0.4, 0.5) is 5.69 Å². The zero-order valence-electron chi connectivity index (χ0n) is 9.65. The number of nitrogens with zero attached hydrogens (tertiary/aromatic N) is 2. The van der Waals surface area contributed by atoms with Crippen LogP contribution >= 0.6 is 12.4 Å². The predicted octanol–water partition coefficient (Wildman–Crippen LogP) is 3.20. The van der Waals surface area contributed by atoms with Crippen LogP contribution in [0.2, 0.25) is 0 Å². The predicted molar refractivity (Wildman–Crippen MR) is 72.0 cm³/mol. The average molecular weight is 265 g/mol. The zero-order chi connectivity index (χ0) is 12.1. The van der Waals surface area contributed by atoms with Crippen LogP contribution in [0.1, 0.15) is 11.3 Å². The maximum Gasteiger partial charge on any atom is 0.290 e. The van der Waals surface area contributed by atoms with Gasteiger partial charge in [-0.05, 0) is 18.1 Å². The summed E-state index contributed by atoms with van der Waals surface area (Å²) < 4.78 is 0. The molecule has 0 amide bonds. The van der Waals surface area contributed by atoms with E-state index in [0.717, 1.165) is 12.0 Å². The summed E-state index contributed by atoms with van der Waals surface area (Å²) in [5.41, 5.74) is 1.80. The molecule has 94 valence electrons. The molecule has 0 N–H and O–H groups in total. The third-order valence-electron chi connectivity index (χ3n) is 2.56. The lowest BCUT2D eigenvalue weighted by atomic mass is 10.1. The fourth-order valence-electron chi connectivity index (χ4n) is 1.70. The van der Waals surface area contributed by atoms with Crippen molar-refractivity contribution in [2.45, 2.75) is 12.8 Å². The first kappa shape index (κ1) is 14.1. The van der Waals surface area contributed by atoms with Gasteiger partial charge in [0.1, 0.15) is 5.69 Å². The Bertz CT molecular complexity index is 517. The van der Waals surface area contributed by atoms with Crippen LogP contribution < -0.4 is 0 Å². The normalized spacial score (nSPS) is 9.56. The molecule has 1 heterocycles. The molecule has 2 aromatic rings. The fraction of sp³-hybridized carbons (Fsp3) is 0.154. The van der Waals surface area contributed by atoms with E-state index in [1.165, 1.54) is 6.07 Å². The smallest absolute Gasteiger partial charge is 0.258 e. The van der Waals surface area contributed by atoms with Gasteiger partial charge in [0.2, 0.25) is 0 Å². The fourth-order valence-corrected chi connectivity index (χ4v) is 1.70. The number of pyridine rings is 1. The van der Waals surface area contributed by atoms with Gasteiger partial charge in [0.15, 0.2) is 0 Å². The Labute approximate surface area is 111 Å². The van der Waals surface area contributed by atoms with E-state index in [9.17, 15) is 10.1 Å². The van der Waals surface area contributed by atoms with Crippen molar-refractivity contribution in [1.29, 1.82) is 0 Å². The maximum atomic E-state index is 10.8. The number of hydrogen-bond acceptors (Lipinski definition) is 3. The van der Waals surface area contributed by atoms with E-state index in [-0.39, 0.29) is 23.0 Å². The molecule has 0 radical (unpaired) electrons. The van der Waals surface area contributed by atoms with Crippen LogP contribution in [0.25, 0.3) is 0 Å². The quantitative estimate of drug-likeness (QED) is 0.629. The molecule has 1 aromatic heterocycles. The molecule has 0 fully saturated rings. The van der Waals surface area contributed by atoms with Crippen LogP contribution in [0.5, 0.6) is 0 Å². The van der Waals surface area contributed by atoms with Crippen molar-refractivity contribution < 1.29 is 4.92 Å². The molecule has 1 aromatic carbocycles. The highest BCUT2D eigenvalue weighted by Crippen LogP contribution is 2.17. The summed E-state index contributed by atoms with van der Waals surface area (Å²) in [6.45, 7) is 0. The summed E-state index contributed by atoms with van der Waals surface area (Å²) in [7, 11) is 0. The van der Waals surface area contributed by atoms with E-state index in [2.05, 4.69) is 4.98 Å². The van der Waals surface area contributed by atoms with E-state index in [1.54, 1.807) is 12.3 Å². The minimum atomic E-state index is -0.382. The molecular formula is C13H13ClN2O2. The number of aromatic nitrogens is 1. The number of nitro groups is 1. The van der Waals surface area contributed by atoms with E-state index in [4.69, 9.17) is 0 Å². The molecule has 0 aliphatic rings. The highest BCUT2D eigenvalue weighted by molar-refractivity contribution is 5.85. The van der Waals surface area contributed by atoms with Gasteiger partial charge in [-0.1, -0.05) is 30.3 Å². The van der Waals surface area contributed by atoms with Gasteiger partial charge in [-0.15, -0.1) is 12.4 Å². The maximum absolute atomic E-state index is 10.8. The highest BCUT2D eigenvalue weighted by Gasteiger charge is 2.13. The average Bonchev–Trinajstić information content (AvgIpc) is 2.38. The number of benzene rings is 1. The highest BCUT2D eigenvalue weighted by atomic mass is 35.5. The van der Waals surface area contributed by atoms with Crippen molar-refractivity contribution in [3.63, 3.8) is 0 Å². The summed E-state index contributed by atoms with van der Waals surface area (Å²) in [5, 5.41) is 10.8. The van der Waals surface area contributed by atoms with Gasteiger partial charge in [-0.3, -0.25) is 15.1 Å². The third kappa shape index (κ3) is 3.53. The Balaban J connectivity index is 0.00000162. The SMILES string of the molecule is Cl.O=[N+]([O-])c1cccnc1CCc1ccccc1. The van der Waals surface area contributed by atoms with Crippen LogP contribution in [0.15, 0.2) is 48.7 Å². The molecule has 0 bridgehead atoms. The van der Waals surface area contributed by atoms with E-state index in [0.29, 0.717) is 12.1 Å². The Kier molecular flexibility index (Phi) is 5.27. The summed E-state index contributed by atoms with van der Waals surface area (Å²) >= 11 is 0. The Morgan fingerprint density at radius 2 is 1.78 bits per heavy atom. The molecule has 2 rings (SSSR count). The van der Waals surface area contributed by atoms with Crippen molar-refractivity contribution in [2.75, 3.05) is 0 Å². The molecular weight excluding hydrogens is 252 g/mol. The van der Waals surface area contributed by atoms with Crippen molar-refractivity contribution in [3.05, 3.63) is 70.0 Å². The van der Waals surface area contributed by atoms with Gasteiger partial charge < -0.3 is 0 Å². The molecule has 0 atom stereocenters. The molecule has 0 aliphatic heterocycles. The standard InChI is InChI=1S/C13H12N2O2.ClH/c16-15(17)13-7-4-10-14-12(13)9-8-11-5-2-1-3-6-11;/h1-7,10H,8-9H2;1H. The molecule has 0 unspecified atom stereocenters. The second-order valence-electron chi connectivity index (χ2n) is 3.71. The van der Waals surface area contributed by atoms with E-state index in [1.807, 2.05) is 30.3 Å². The summed E-state index contributed by atoms with van der Waals surface area (Å²) in [6, 6.07) is 13.0. The first-order valence-corrected chi connectivity index (χ1v) is 5.39. The zero-order valence-corrected chi connectivity index (χ0v) is 10.5. The first-order valence-electron chi connectivity index (χ1n) is 5.39. The number of hydrogen-bond donors (Lipinski definition) is 0. The van der Waals surface area contributed by atoms with Gasteiger partial charge >= 0.3 is 0 Å². The van der Waals surface area contributed by atoms with Crippen molar-refractivity contribution in [2.24, 2.45) is 0 Å². The summed E-state index contributed by atoms with van der Waals surface area (Å²) in [6.07, 6.45) is 2.94. The van der Waals surface area contributed by atoms with Gasteiger partial charge in [-0.25, -0.2) is 0 Å². The van der Waals surface area contributed by atoms with Gasteiger partial charge in [0.05, 0.1) is 4.92 Å². The van der Waals surface area contributed by atoms with Gasteiger partial charge in [-0.2, -0.15) is 0 Å². The Morgan fingerprint density at radius 1 is 1.06 bits per heavy atom. The Morgan fingerprint density at radius 3 is 2.44 bits per heavy atom. The number of aryl methyl sites for hydroxylation is 2. The van der Waals surface area contributed by atoms with Crippen molar-refractivity contribution in [3.8, 4) is 0 Å². The molecule has 0 aliphatic carbocycles. The third-order valence-corrected chi connectivity index (χ3v) is 2.56. The minimum Gasteiger partial charge on any atom is -0.258 e. The van der Waals surface area contributed by atoms with Crippen LogP contribution in [-0.4, -0.2) is 9.91 Å². The van der Waals surface area contributed by atoms with Gasteiger partial charge in [0.25, 0.3) is 5.69 Å². The van der Waals surface area contributed by atoms with Gasteiger partial charge in [0, 0.05) is 18.7 Å². The number of rotatable bonds is 4. The van der Waals surface area contributed by atoms with E-state index >= 15 is 0 Å². The molecule has 5 heteroatoms. The second kappa shape index (κ2) is 6.71. The minimum absolute atomic E-state index is 0. The lowest BCUT2D eigenvalue weighted by molar-refractivity contribution is -0.385. The summed E-state index contributed by atoms with van der Waals surface area (Å²) in [4.78, 5) is 14.5. The molecule has 0 saturated heterocycles. The molecule has 0 saturated carbocycles. The molecule has 4 nitrogen and oxygen atoms in total. The molecule has 0 spiro atoms. The van der Waals surface area contributed by atoms with E-state index < -0.39 is 0 Å².